The number of aromatic nitrogens is 2. The maximum atomic E-state index is 13.4. The second kappa shape index (κ2) is 5.40. The van der Waals surface area contributed by atoms with Crippen molar-refractivity contribution < 1.29 is 23.4 Å². The quantitative estimate of drug-likeness (QED) is 0.945. The lowest BCUT2D eigenvalue weighted by Gasteiger charge is -2.22. The maximum Gasteiger partial charge on any atom is 0.323 e. The highest BCUT2D eigenvalue weighted by molar-refractivity contribution is 5.78. The van der Waals surface area contributed by atoms with Crippen LogP contribution in [0.1, 0.15) is 31.2 Å². The molecule has 1 aromatic carbocycles. The average molecular weight is 296 g/mol. The van der Waals surface area contributed by atoms with Crippen LogP contribution >= 0.6 is 0 Å². The van der Waals surface area contributed by atoms with E-state index in [0.717, 1.165) is 25.0 Å². The summed E-state index contributed by atoms with van der Waals surface area (Å²) in [6.45, 7) is 0.209. The van der Waals surface area contributed by atoms with Crippen LogP contribution < -0.4 is 0 Å². The van der Waals surface area contributed by atoms with Crippen LogP contribution in [0.25, 0.3) is 11.0 Å². The van der Waals surface area contributed by atoms with Crippen molar-refractivity contribution in [3.63, 3.8) is 0 Å². The molecular weight excluding hydrogens is 282 g/mol. The van der Waals surface area contributed by atoms with Crippen molar-refractivity contribution in [3.05, 3.63) is 29.6 Å². The molecule has 2 heterocycles. The average Bonchev–Trinajstić information content (AvgIpc) is 2.78. The van der Waals surface area contributed by atoms with Gasteiger partial charge in [-0.15, -0.1) is 0 Å². The van der Waals surface area contributed by atoms with Crippen LogP contribution in [-0.2, 0) is 16.1 Å². The molecule has 7 heteroatoms. The molecule has 1 saturated heterocycles. The molecule has 0 amide bonds. The molecule has 0 radical (unpaired) electrons. The summed E-state index contributed by atoms with van der Waals surface area (Å²) in [5.41, 5.74) is 0.500. The lowest BCUT2D eigenvalue weighted by atomic mass is 10.1. The first-order valence-electron chi connectivity index (χ1n) is 6.75. The highest BCUT2D eigenvalue weighted by atomic mass is 19.2. The zero-order chi connectivity index (χ0) is 15.0. The summed E-state index contributed by atoms with van der Waals surface area (Å²) < 4.78 is 33.7. The van der Waals surface area contributed by atoms with E-state index in [1.807, 2.05) is 0 Å². The number of carbonyl (C=O) groups is 1. The molecular formula is C14H14F2N2O3. The third-order valence-electron chi connectivity index (χ3n) is 3.58. The Labute approximate surface area is 119 Å². The van der Waals surface area contributed by atoms with E-state index < -0.39 is 17.6 Å². The third-order valence-corrected chi connectivity index (χ3v) is 3.58. The van der Waals surface area contributed by atoms with E-state index in [-0.39, 0.29) is 23.7 Å². The van der Waals surface area contributed by atoms with Crippen molar-refractivity contribution in [2.24, 2.45) is 0 Å². The Bertz CT molecular complexity index is 693. The lowest BCUT2D eigenvalue weighted by molar-refractivity contribution is -0.137. The summed E-state index contributed by atoms with van der Waals surface area (Å²) >= 11 is 0. The number of imidazole rings is 1. The number of carboxylic acid groups (broad SMARTS) is 1. The third kappa shape index (κ3) is 2.61. The van der Waals surface area contributed by atoms with Gasteiger partial charge in [-0.05, 0) is 19.3 Å². The normalized spacial score (nSPS) is 19.0. The highest BCUT2D eigenvalue weighted by Gasteiger charge is 2.25. The van der Waals surface area contributed by atoms with Crippen molar-refractivity contribution >= 4 is 17.0 Å². The van der Waals surface area contributed by atoms with Gasteiger partial charge in [0.1, 0.15) is 18.5 Å². The maximum absolute atomic E-state index is 13.4. The Hall–Kier alpha value is -2.02. The van der Waals surface area contributed by atoms with Crippen molar-refractivity contribution in [2.75, 3.05) is 6.61 Å². The van der Waals surface area contributed by atoms with Crippen LogP contribution in [-0.4, -0.2) is 27.2 Å². The fraction of sp³-hybridized carbons (Fsp3) is 0.429. The van der Waals surface area contributed by atoms with Crippen LogP contribution in [0, 0.1) is 11.6 Å². The largest absolute Gasteiger partial charge is 0.480 e. The van der Waals surface area contributed by atoms with Crippen LogP contribution in [0.2, 0.25) is 0 Å². The van der Waals surface area contributed by atoms with E-state index in [0.29, 0.717) is 18.9 Å². The number of hydrogen-bond donors (Lipinski definition) is 1. The first kappa shape index (κ1) is 13.9. The lowest BCUT2D eigenvalue weighted by Crippen LogP contribution is -2.19. The monoisotopic (exact) mass is 296 g/mol. The molecule has 1 fully saturated rings. The molecule has 0 aliphatic carbocycles. The van der Waals surface area contributed by atoms with E-state index in [1.165, 1.54) is 4.57 Å². The number of rotatable bonds is 3. The Balaban J connectivity index is 2.14. The Morgan fingerprint density at radius 1 is 1.38 bits per heavy atom. The van der Waals surface area contributed by atoms with Crippen molar-refractivity contribution in [1.29, 1.82) is 0 Å². The van der Waals surface area contributed by atoms with Gasteiger partial charge >= 0.3 is 5.97 Å². The van der Waals surface area contributed by atoms with Gasteiger partial charge in [0, 0.05) is 18.7 Å². The number of benzene rings is 1. The molecule has 3 rings (SSSR count). The van der Waals surface area contributed by atoms with Crippen LogP contribution in [0.15, 0.2) is 12.1 Å². The number of aliphatic carboxylic acids is 1. The zero-order valence-corrected chi connectivity index (χ0v) is 11.2. The van der Waals surface area contributed by atoms with Gasteiger partial charge < -0.3 is 14.4 Å². The molecule has 1 aliphatic rings. The fourth-order valence-electron chi connectivity index (χ4n) is 2.63. The molecule has 2 aromatic rings. The van der Waals surface area contributed by atoms with Crippen molar-refractivity contribution in [3.8, 4) is 0 Å². The SMILES string of the molecule is O=C(O)Cn1c(C2CCCCO2)nc2cc(F)c(F)cc21. The molecule has 1 unspecified atom stereocenters. The van der Waals surface area contributed by atoms with E-state index in [1.54, 1.807) is 0 Å². The minimum absolute atomic E-state index is 0.235. The molecule has 112 valence electrons. The summed E-state index contributed by atoms with van der Waals surface area (Å²) in [4.78, 5) is 15.3. The van der Waals surface area contributed by atoms with Gasteiger partial charge in [-0.25, -0.2) is 13.8 Å². The second-order valence-electron chi connectivity index (χ2n) is 5.06. The first-order valence-corrected chi connectivity index (χ1v) is 6.75. The van der Waals surface area contributed by atoms with Gasteiger partial charge in [-0.1, -0.05) is 0 Å². The van der Waals surface area contributed by atoms with E-state index in [9.17, 15) is 13.6 Å². The summed E-state index contributed by atoms with van der Waals surface area (Å²) in [5.74, 6) is -2.68. The molecule has 1 atom stereocenters. The number of hydrogen-bond acceptors (Lipinski definition) is 3. The molecule has 1 aromatic heterocycles. The van der Waals surface area contributed by atoms with Crippen molar-refractivity contribution in [1.82, 2.24) is 9.55 Å². The Morgan fingerprint density at radius 2 is 2.14 bits per heavy atom. The van der Waals surface area contributed by atoms with Gasteiger partial charge in [0.2, 0.25) is 0 Å². The van der Waals surface area contributed by atoms with Gasteiger partial charge in [-0.3, -0.25) is 4.79 Å². The van der Waals surface area contributed by atoms with E-state index in [4.69, 9.17) is 9.84 Å². The number of nitrogens with zero attached hydrogens (tertiary/aromatic N) is 2. The first-order chi connectivity index (χ1) is 10.1. The zero-order valence-electron chi connectivity index (χ0n) is 11.2. The number of halogens is 2. The number of ether oxygens (including phenoxy) is 1. The molecule has 21 heavy (non-hydrogen) atoms. The van der Waals surface area contributed by atoms with Gasteiger partial charge in [0.25, 0.3) is 0 Å². The fourth-order valence-corrected chi connectivity index (χ4v) is 2.63. The van der Waals surface area contributed by atoms with Gasteiger partial charge in [0.05, 0.1) is 11.0 Å². The Morgan fingerprint density at radius 3 is 2.81 bits per heavy atom. The number of fused-ring (bicyclic) bond motifs is 1. The summed E-state index contributed by atoms with van der Waals surface area (Å²) in [6, 6.07) is 1.96. The predicted molar refractivity (Wildman–Crippen MR) is 69.8 cm³/mol. The van der Waals surface area contributed by atoms with Crippen molar-refractivity contribution in [2.45, 2.75) is 31.9 Å². The van der Waals surface area contributed by atoms with Gasteiger partial charge in [0.15, 0.2) is 11.6 Å². The van der Waals surface area contributed by atoms with E-state index in [2.05, 4.69) is 4.98 Å². The minimum Gasteiger partial charge on any atom is -0.480 e. The molecule has 5 nitrogen and oxygen atoms in total. The molecule has 0 bridgehead atoms. The number of carboxylic acids is 1. The summed E-state index contributed by atoms with van der Waals surface area (Å²) in [5, 5.41) is 9.03. The molecule has 1 aliphatic heterocycles. The second-order valence-corrected chi connectivity index (χ2v) is 5.06. The summed E-state index contributed by atoms with van der Waals surface area (Å²) in [6.07, 6.45) is 2.27. The smallest absolute Gasteiger partial charge is 0.323 e. The topological polar surface area (TPSA) is 64.3 Å². The predicted octanol–water partition coefficient (Wildman–Crippen LogP) is 2.64. The van der Waals surface area contributed by atoms with E-state index >= 15 is 0 Å². The molecule has 0 spiro atoms. The highest BCUT2D eigenvalue weighted by Crippen LogP contribution is 2.30. The molecule has 0 saturated carbocycles. The van der Waals surface area contributed by atoms with Gasteiger partial charge in [-0.2, -0.15) is 0 Å². The van der Waals surface area contributed by atoms with Crippen LogP contribution in [0.4, 0.5) is 8.78 Å². The Kier molecular flexibility index (Phi) is 3.59. The minimum atomic E-state index is -1.07. The van der Waals surface area contributed by atoms with Crippen LogP contribution in [0.5, 0.6) is 0 Å². The van der Waals surface area contributed by atoms with Crippen LogP contribution in [0.3, 0.4) is 0 Å². The molecule has 1 N–H and O–H groups in total. The standard InChI is InChI=1S/C14H14F2N2O3/c15-8-5-10-11(6-9(8)16)18(7-13(19)20)14(17-10)12-3-1-2-4-21-12/h5-6,12H,1-4,7H2,(H,19,20). The summed E-state index contributed by atoms with van der Waals surface area (Å²) in [7, 11) is 0.